The van der Waals surface area contributed by atoms with Gasteiger partial charge in [-0.15, -0.1) is 0 Å². The third-order valence-electron chi connectivity index (χ3n) is 3.81. The standard InChI is InChI=1S/C15H30N2O/c1-3-4-9-12-16-15(18)13(2)17-14-10-7-5-6-8-11-14/h13-14,17H,3-12H2,1-2H3,(H,16,18). The molecule has 1 rings (SSSR count). The molecule has 0 heterocycles. The molecule has 0 radical (unpaired) electrons. The van der Waals surface area contributed by atoms with E-state index in [0.717, 1.165) is 13.0 Å². The van der Waals surface area contributed by atoms with E-state index in [9.17, 15) is 4.79 Å². The van der Waals surface area contributed by atoms with E-state index in [0.29, 0.717) is 6.04 Å². The molecule has 1 amide bonds. The van der Waals surface area contributed by atoms with Crippen LogP contribution in [0.5, 0.6) is 0 Å². The number of hydrogen-bond acceptors (Lipinski definition) is 2. The summed E-state index contributed by atoms with van der Waals surface area (Å²) in [4.78, 5) is 11.9. The molecule has 1 aliphatic carbocycles. The van der Waals surface area contributed by atoms with Crippen molar-refractivity contribution >= 4 is 5.91 Å². The number of amides is 1. The van der Waals surface area contributed by atoms with Crippen molar-refractivity contribution in [1.82, 2.24) is 10.6 Å². The first-order valence-electron chi connectivity index (χ1n) is 7.77. The van der Waals surface area contributed by atoms with Crippen LogP contribution in [0.1, 0.15) is 71.6 Å². The Labute approximate surface area is 112 Å². The molecule has 3 heteroatoms. The Morgan fingerprint density at radius 3 is 2.44 bits per heavy atom. The molecule has 2 N–H and O–H groups in total. The van der Waals surface area contributed by atoms with Gasteiger partial charge in [0.25, 0.3) is 0 Å². The Morgan fingerprint density at radius 1 is 1.17 bits per heavy atom. The Kier molecular flexibility index (Phi) is 8.06. The molecule has 0 aromatic heterocycles. The maximum Gasteiger partial charge on any atom is 0.236 e. The highest BCUT2D eigenvalue weighted by atomic mass is 16.2. The van der Waals surface area contributed by atoms with Crippen molar-refractivity contribution in [1.29, 1.82) is 0 Å². The topological polar surface area (TPSA) is 41.1 Å². The van der Waals surface area contributed by atoms with Crippen LogP contribution >= 0.6 is 0 Å². The first-order valence-corrected chi connectivity index (χ1v) is 7.77. The summed E-state index contributed by atoms with van der Waals surface area (Å²) in [6.07, 6.45) is 11.3. The molecule has 1 unspecified atom stereocenters. The van der Waals surface area contributed by atoms with Gasteiger partial charge < -0.3 is 10.6 Å². The summed E-state index contributed by atoms with van der Waals surface area (Å²) in [7, 11) is 0. The minimum absolute atomic E-state index is 0.0465. The highest BCUT2D eigenvalue weighted by Crippen LogP contribution is 2.17. The van der Waals surface area contributed by atoms with Crippen molar-refractivity contribution in [2.45, 2.75) is 83.7 Å². The molecule has 3 nitrogen and oxygen atoms in total. The van der Waals surface area contributed by atoms with E-state index in [1.165, 1.54) is 51.4 Å². The number of hydrogen-bond donors (Lipinski definition) is 2. The zero-order valence-electron chi connectivity index (χ0n) is 12.1. The molecule has 0 saturated heterocycles. The van der Waals surface area contributed by atoms with Crippen molar-refractivity contribution in [3.05, 3.63) is 0 Å². The average Bonchev–Trinajstić information content (AvgIpc) is 2.63. The van der Waals surface area contributed by atoms with Crippen LogP contribution in [0.3, 0.4) is 0 Å². The molecule has 0 aromatic carbocycles. The fourth-order valence-electron chi connectivity index (χ4n) is 2.61. The lowest BCUT2D eigenvalue weighted by Gasteiger charge is -2.21. The van der Waals surface area contributed by atoms with Crippen LogP contribution in [0, 0.1) is 0 Å². The Balaban J connectivity index is 2.17. The van der Waals surface area contributed by atoms with E-state index in [2.05, 4.69) is 17.6 Å². The summed E-state index contributed by atoms with van der Waals surface area (Å²) in [5, 5.41) is 6.51. The second kappa shape index (κ2) is 9.37. The Morgan fingerprint density at radius 2 is 1.83 bits per heavy atom. The van der Waals surface area contributed by atoms with Crippen LogP contribution in [0.2, 0.25) is 0 Å². The van der Waals surface area contributed by atoms with Crippen LogP contribution in [-0.2, 0) is 4.79 Å². The van der Waals surface area contributed by atoms with E-state index >= 15 is 0 Å². The molecule has 1 aliphatic rings. The van der Waals surface area contributed by atoms with Crippen LogP contribution < -0.4 is 10.6 Å². The summed E-state index contributed by atoms with van der Waals surface area (Å²) >= 11 is 0. The van der Waals surface area contributed by atoms with Gasteiger partial charge in [0.2, 0.25) is 5.91 Å². The van der Waals surface area contributed by atoms with E-state index in [-0.39, 0.29) is 11.9 Å². The summed E-state index contributed by atoms with van der Waals surface area (Å²) in [6.45, 7) is 4.99. The molecule has 18 heavy (non-hydrogen) atoms. The number of nitrogens with one attached hydrogen (secondary N) is 2. The van der Waals surface area contributed by atoms with E-state index in [1.807, 2.05) is 6.92 Å². The molecule has 1 atom stereocenters. The molecule has 0 aromatic rings. The number of unbranched alkanes of at least 4 members (excludes halogenated alkanes) is 2. The monoisotopic (exact) mass is 254 g/mol. The molecule has 0 bridgehead atoms. The zero-order chi connectivity index (χ0) is 13.2. The largest absolute Gasteiger partial charge is 0.355 e. The molecular formula is C15H30N2O. The van der Waals surface area contributed by atoms with Gasteiger partial charge >= 0.3 is 0 Å². The quantitative estimate of drug-likeness (QED) is 0.541. The van der Waals surface area contributed by atoms with Gasteiger partial charge in [0.05, 0.1) is 6.04 Å². The van der Waals surface area contributed by atoms with Gasteiger partial charge in [-0.25, -0.2) is 0 Å². The van der Waals surface area contributed by atoms with Crippen LogP contribution in [0.15, 0.2) is 0 Å². The zero-order valence-corrected chi connectivity index (χ0v) is 12.1. The van der Waals surface area contributed by atoms with E-state index in [1.54, 1.807) is 0 Å². The predicted molar refractivity (Wildman–Crippen MR) is 76.6 cm³/mol. The van der Waals surface area contributed by atoms with Crippen molar-refractivity contribution < 1.29 is 4.79 Å². The fraction of sp³-hybridized carbons (Fsp3) is 0.933. The first-order chi connectivity index (χ1) is 8.74. The van der Waals surface area contributed by atoms with E-state index < -0.39 is 0 Å². The normalized spacial score (nSPS) is 19.2. The van der Waals surface area contributed by atoms with Gasteiger partial charge in [0, 0.05) is 12.6 Å². The maximum absolute atomic E-state index is 11.9. The first kappa shape index (κ1) is 15.5. The van der Waals surface area contributed by atoms with Crippen LogP contribution in [0.4, 0.5) is 0 Å². The maximum atomic E-state index is 11.9. The van der Waals surface area contributed by atoms with Gasteiger partial charge in [0.15, 0.2) is 0 Å². The minimum Gasteiger partial charge on any atom is -0.355 e. The molecule has 106 valence electrons. The number of rotatable bonds is 7. The summed E-state index contributed by atoms with van der Waals surface area (Å²) < 4.78 is 0. The number of carbonyl (C=O) groups excluding carboxylic acids is 1. The van der Waals surface area contributed by atoms with Gasteiger partial charge in [-0.1, -0.05) is 45.4 Å². The van der Waals surface area contributed by atoms with Gasteiger partial charge in [-0.05, 0) is 26.2 Å². The average molecular weight is 254 g/mol. The van der Waals surface area contributed by atoms with Crippen molar-refractivity contribution in [3.8, 4) is 0 Å². The van der Waals surface area contributed by atoms with Gasteiger partial charge in [-0.2, -0.15) is 0 Å². The third kappa shape index (κ3) is 6.39. The second-order valence-corrected chi connectivity index (χ2v) is 5.57. The van der Waals surface area contributed by atoms with Crippen molar-refractivity contribution in [2.24, 2.45) is 0 Å². The Hall–Kier alpha value is -0.570. The van der Waals surface area contributed by atoms with Crippen LogP contribution in [0.25, 0.3) is 0 Å². The lowest BCUT2D eigenvalue weighted by Crippen LogP contribution is -2.46. The SMILES string of the molecule is CCCCCNC(=O)C(C)NC1CCCCCC1. The Bertz CT molecular complexity index is 223. The number of carbonyl (C=O) groups is 1. The van der Waals surface area contributed by atoms with Crippen LogP contribution in [-0.4, -0.2) is 24.5 Å². The minimum atomic E-state index is -0.0465. The molecule has 0 aliphatic heterocycles. The molecule has 1 saturated carbocycles. The molecule has 1 fully saturated rings. The summed E-state index contributed by atoms with van der Waals surface area (Å²) in [6, 6.07) is 0.499. The molecular weight excluding hydrogens is 224 g/mol. The molecule has 0 spiro atoms. The smallest absolute Gasteiger partial charge is 0.236 e. The predicted octanol–water partition coefficient (Wildman–Crippen LogP) is 2.99. The third-order valence-corrected chi connectivity index (χ3v) is 3.81. The van der Waals surface area contributed by atoms with Gasteiger partial charge in [0.1, 0.15) is 0 Å². The summed E-state index contributed by atoms with van der Waals surface area (Å²) in [5.74, 6) is 0.162. The lowest BCUT2D eigenvalue weighted by molar-refractivity contribution is -0.123. The second-order valence-electron chi connectivity index (χ2n) is 5.57. The highest BCUT2D eigenvalue weighted by Gasteiger charge is 2.18. The summed E-state index contributed by atoms with van der Waals surface area (Å²) in [5.41, 5.74) is 0. The lowest BCUT2D eigenvalue weighted by atomic mass is 10.1. The fourth-order valence-corrected chi connectivity index (χ4v) is 2.61. The van der Waals surface area contributed by atoms with Crippen molar-refractivity contribution in [3.63, 3.8) is 0 Å². The van der Waals surface area contributed by atoms with Crippen molar-refractivity contribution in [2.75, 3.05) is 6.54 Å². The highest BCUT2D eigenvalue weighted by molar-refractivity contribution is 5.81. The van der Waals surface area contributed by atoms with Gasteiger partial charge in [-0.3, -0.25) is 4.79 Å². The van der Waals surface area contributed by atoms with E-state index in [4.69, 9.17) is 0 Å².